The third kappa shape index (κ3) is 7.19. The molecule has 1 aromatic carbocycles. The van der Waals surface area contributed by atoms with Crippen LogP contribution in [0.15, 0.2) is 41.5 Å². The van der Waals surface area contributed by atoms with Gasteiger partial charge in [-0.2, -0.15) is 8.78 Å². The predicted molar refractivity (Wildman–Crippen MR) is 105 cm³/mol. The molecule has 0 amide bonds. The second-order valence-electron chi connectivity index (χ2n) is 5.72. The topological polar surface area (TPSA) is 67.8 Å². The lowest BCUT2D eigenvalue weighted by atomic mass is 10.2. The van der Waals surface area contributed by atoms with Crippen molar-refractivity contribution in [3.05, 3.63) is 52.8 Å². The molecule has 0 saturated carbocycles. The van der Waals surface area contributed by atoms with Gasteiger partial charge >= 0.3 is 6.61 Å². The van der Waals surface area contributed by atoms with Gasteiger partial charge in [0.25, 0.3) is 0 Å². The van der Waals surface area contributed by atoms with Crippen molar-refractivity contribution in [1.82, 2.24) is 15.6 Å². The maximum Gasteiger partial charge on any atom is 0.387 e. The number of methoxy groups -OCH3 is 1. The number of halogens is 3. The highest BCUT2D eigenvalue weighted by Gasteiger charge is 2.11. The Labute approximate surface area is 167 Å². The highest BCUT2D eigenvalue weighted by molar-refractivity contribution is 6.29. The van der Waals surface area contributed by atoms with E-state index in [9.17, 15) is 8.78 Å². The van der Waals surface area contributed by atoms with E-state index in [1.165, 1.54) is 13.2 Å². The highest BCUT2D eigenvalue weighted by Crippen LogP contribution is 2.29. The quantitative estimate of drug-likeness (QED) is 0.374. The van der Waals surface area contributed by atoms with Gasteiger partial charge in [0.15, 0.2) is 17.5 Å². The molecule has 2 aromatic rings. The van der Waals surface area contributed by atoms with Crippen LogP contribution in [0.1, 0.15) is 18.1 Å². The molecular weight excluding hydrogens is 390 g/mol. The van der Waals surface area contributed by atoms with Gasteiger partial charge in [-0.05, 0) is 42.7 Å². The molecule has 2 N–H and O–H groups in total. The van der Waals surface area contributed by atoms with E-state index in [2.05, 4.69) is 25.3 Å². The van der Waals surface area contributed by atoms with Gasteiger partial charge in [-0.1, -0.05) is 23.7 Å². The van der Waals surface area contributed by atoms with Gasteiger partial charge in [0, 0.05) is 19.3 Å². The minimum atomic E-state index is -2.92. The van der Waals surface area contributed by atoms with Crippen LogP contribution in [0.25, 0.3) is 0 Å². The zero-order valence-corrected chi connectivity index (χ0v) is 16.5. The van der Waals surface area contributed by atoms with Gasteiger partial charge in [0.1, 0.15) is 5.15 Å². The Kier molecular flexibility index (Phi) is 8.74. The van der Waals surface area contributed by atoms with Crippen LogP contribution < -0.4 is 20.1 Å². The van der Waals surface area contributed by atoms with Crippen LogP contribution in [-0.2, 0) is 13.0 Å². The van der Waals surface area contributed by atoms with E-state index >= 15 is 0 Å². The molecule has 9 heteroatoms. The fourth-order valence-corrected chi connectivity index (χ4v) is 2.51. The van der Waals surface area contributed by atoms with Crippen molar-refractivity contribution in [1.29, 1.82) is 0 Å². The van der Waals surface area contributed by atoms with Gasteiger partial charge in [-0.25, -0.2) is 9.98 Å². The monoisotopic (exact) mass is 412 g/mol. The van der Waals surface area contributed by atoms with E-state index in [4.69, 9.17) is 16.3 Å². The Morgan fingerprint density at radius 2 is 1.96 bits per heavy atom. The molecule has 1 heterocycles. The first kappa shape index (κ1) is 21.7. The summed E-state index contributed by atoms with van der Waals surface area (Å²) in [6.45, 7) is 0.673. The summed E-state index contributed by atoms with van der Waals surface area (Å²) in [5, 5.41) is 6.83. The van der Waals surface area contributed by atoms with Crippen molar-refractivity contribution in [2.24, 2.45) is 4.99 Å². The first-order chi connectivity index (χ1) is 13.5. The van der Waals surface area contributed by atoms with E-state index in [0.717, 1.165) is 17.5 Å². The first-order valence-electron chi connectivity index (χ1n) is 8.76. The average Bonchev–Trinajstić information content (AvgIpc) is 2.67. The van der Waals surface area contributed by atoms with Gasteiger partial charge < -0.3 is 20.1 Å². The molecule has 0 spiro atoms. The number of pyridine rings is 1. The molecule has 0 fully saturated rings. The van der Waals surface area contributed by atoms with Crippen LogP contribution >= 0.6 is 11.6 Å². The normalized spacial score (nSPS) is 11.4. The lowest BCUT2D eigenvalue weighted by Gasteiger charge is -2.13. The Hall–Kier alpha value is -2.61. The third-order valence-corrected chi connectivity index (χ3v) is 3.93. The van der Waals surface area contributed by atoms with Crippen LogP contribution in [0, 0.1) is 0 Å². The third-order valence-electron chi connectivity index (χ3n) is 3.70. The summed E-state index contributed by atoms with van der Waals surface area (Å²) in [6.07, 6.45) is 2.49. The van der Waals surface area contributed by atoms with Crippen LogP contribution in [-0.4, -0.2) is 37.8 Å². The number of aliphatic imine (C=N–C) groups is 1. The minimum Gasteiger partial charge on any atom is -0.493 e. The maximum atomic E-state index is 12.5. The minimum absolute atomic E-state index is 0.0154. The number of ether oxygens (including phenoxy) is 2. The zero-order valence-electron chi connectivity index (χ0n) is 15.7. The number of rotatable bonds is 9. The standard InChI is InChI=1S/C19H23ClF2N4O2/c1-3-23-19(24-9-8-13-5-7-17(20)25-11-13)26-12-14-4-6-15(27-2)16(10-14)28-18(21)22/h4-7,10-11,18H,3,8-9,12H2,1-2H3,(H2,23,24,26). The molecule has 0 radical (unpaired) electrons. The summed E-state index contributed by atoms with van der Waals surface area (Å²) in [6, 6.07) is 8.50. The maximum absolute atomic E-state index is 12.5. The summed E-state index contributed by atoms with van der Waals surface area (Å²) in [5.41, 5.74) is 1.77. The fraction of sp³-hybridized carbons (Fsp3) is 0.368. The number of hydrogen-bond donors (Lipinski definition) is 2. The number of hydrogen-bond acceptors (Lipinski definition) is 4. The molecule has 0 bridgehead atoms. The number of nitrogens with one attached hydrogen (secondary N) is 2. The van der Waals surface area contributed by atoms with E-state index < -0.39 is 6.61 Å². The molecule has 0 atom stereocenters. The molecule has 0 saturated heterocycles. The fourth-order valence-electron chi connectivity index (χ4n) is 2.40. The first-order valence-corrected chi connectivity index (χ1v) is 9.14. The molecule has 1 aromatic heterocycles. The van der Waals surface area contributed by atoms with E-state index in [0.29, 0.717) is 30.7 Å². The predicted octanol–water partition coefficient (Wildman–Crippen LogP) is 3.64. The second-order valence-corrected chi connectivity index (χ2v) is 6.11. The Morgan fingerprint density at radius 1 is 1.18 bits per heavy atom. The van der Waals surface area contributed by atoms with Gasteiger partial charge in [-0.15, -0.1) is 0 Å². The average molecular weight is 413 g/mol. The van der Waals surface area contributed by atoms with E-state index in [1.807, 2.05) is 13.0 Å². The highest BCUT2D eigenvalue weighted by atomic mass is 35.5. The van der Waals surface area contributed by atoms with Gasteiger partial charge in [0.2, 0.25) is 0 Å². The number of benzene rings is 1. The van der Waals surface area contributed by atoms with Crippen LogP contribution in [0.2, 0.25) is 5.15 Å². The summed E-state index contributed by atoms with van der Waals surface area (Å²) in [4.78, 5) is 8.53. The Bertz CT molecular complexity index is 773. The van der Waals surface area contributed by atoms with Crippen molar-refractivity contribution in [3.63, 3.8) is 0 Å². The smallest absolute Gasteiger partial charge is 0.387 e. The lowest BCUT2D eigenvalue weighted by Crippen LogP contribution is -2.38. The van der Waals surface area contributed by atoms with Gasteiger partial charge in [0.05, 0.1) is 13.7 Å². The van der Waals surface area contributed by atoms with Crippen LogP contribution in [0.4, 0.5) is 8.78 Å². The number of aromatic nitrogens is 1. The Balaban J connectivity index is 1.98. The molecule has 0 aliphatic heterocycles. The summed E-state index contributed by atoms with van der Waals surface area (Å²) in [5.74, 6) is 0.851. The van der Waals surface area contributed by atoms with Crippen molar-refractivity contribution in [2.45, 2.75) is 26.5 Å². The summed E-state index contributed by atoms with van der Waals surface area (Å²) < 4.78 is 34.6. The number of nitrogens with zero attached hydrogens (tertiary/aromatic N) is 2. The number of alkyl halides is 2. The van der Waals surface area contributed by atoms with E-state index in [1.54, 1.807) is 24.4 Å². The largest absolute Gasteiger partial charge is 0.493 e. The molecule has 2 rings (SSSR count). The lowest BCUT2D eigenvalue weighted by molar-refractivity contribution is -0.0512. The molecule has 0 unspecified atom stereocenters. The van der Waals surface area contributed by atoms with Crippen molar-refractivity contribution < 1.29 is 18.3 Å². The number of guanidine groups is 1. The van der Waals surface area contributed by atoms with E-state index in [-0.39, 0.29) is 11.5 Å². The molecule has 0 aliphatic rings. The second kappa shape index (κ2) is 11.3. The summed E-state index contributed by atoms with van der Waals surface area (Å²) in [7, 11) is 1.40. The molecule has 0 aliphatic carbocycles. The zero-order chi connectivity index (χ0) is 20.4. The molecular formula is C19H23ClF2N4O2. The molecule has 152 valence electrons. The van der Waals surface area contributed by atoms with Gasteiger partial charge in [-0.3, -0.25) is 0 Å². The Morgan fingerprint density at radius 3 is 2.61 bits per heavy atom. The SMILES string of the molecule is CCNC(=NCc1ccc(OC)c(OC(F)F)c1)NCCc1ccc(Cl)nc1. The molecule has 28 heavy (non-hydrogen) atoms. The summed E-state index contributed by atoms with van der Waals surface area (Å²) >= 11 is 5.78. The molecule has 6 nitrogen and oxygen atoms in total. The van der Waals surface area contributed by atoms with Crippen molar-refractivity contribution >= 4 is 17.6 Å². The van der Waals surface area contributed by atoms with Crippen LogP contribution in [0.5, 0.6) is 11.5 Å². The van der Waals surface area contributed by atoms with Crippen LogP contribution in [0.3, 0.4) is 0 Å². The van der Waals surface area contributed by atoms with Crippen molar-refractivity contribution in [2.75, 3.05) is 20.2 Å². The van der Waals surface area contributed by atoms with Crippen molar-refractivity contribution in [3.8, 4) is 11.5 Å².